The number of methoxy groups -OCH3 is 1. The quantitative estimate of drug-likeness (QED) is 0.769. The van der Waals surface area contributed by atoms with Crippen LogP contribution in [-0.4, -0.2) is 61.4 Å². The highest BCUT2D eigenvalue weighted by Gasteiger charge is 2.24. The van der Waals surface area contributed by atoms with Crippen molar-refractivity contribution in [3.8, 4) is 17.1 Å². The summed E-state index contributed by atoms with van der Waals surface area (Å²) in [6, 6.07) is 4.17. The molecule has 1 fully saturated rings. The van der Waals surface area contributed by atoms with E-state index in [4.69, 9.17) is 9.47 Å². The van der Waals surface area contributed by atoms with E-state index in [0.29, 0.717) is 43.4 Å². The summed E-state index contributed by atoms with van der Waals surface area (Å²) >= 11 is 0. The van der Waals surface area contributed by atoms with E-state index in [1.807, 2.05) is 0 Å². The lowest BCUT2D eigenvalue weighted by Gasteiger charge is -2.26. The number of rotatable bonds is 6. The van der Waals surface area contributed by atoms with Crippen molar-refractivity contribution >= 4 is 10.0 Å². The van der Waals surface area contributed by atoms with Crippen LogP contribution in [-0.2, 0) is 21.3 Å². The van der Waals surface area contributed by atoms with Gasteiger partial charge in [0.2, 0.25) is 10.0 Å². The molecule has 3 rings (SSSR count). The highest BCUT2D eigenvalue weighted by molar-refractivity contribution is 7.89. The molecule has 2 heterocycles. The van der Waals surface area contributed by atoms with Crippen LogP contribution in [0.2, 0.25) is 0 Å². The van der Waals surface area contributed by atoms with E-state index >= 15 is 0 Å². The molecule has 0 spiro atoms. The molecule has 7 nitrogen and oxygen atoms in total. The minimum absolute atomic E-state index is 0.0418. The van der Waals surface area contributed by atoms with Gasteiger partial charge in [0.25, 0.3) is 0 Å². The first kappa shape index (κ1) is 17.8. The molecule has 0 bridgehead atoms. The number of hydrogen-bond acceptors (Lipinski definition) is 5. The van der Waals surface area contributed by atoms with Crippen LogP contribution in [0.1, 0.15) is 0 Å². The summed E-state index contributed by atoms with van der Waals surface area (Å²) in [7, 11) is -1.91. The van der Waals surface area contributed by atoms with Gasteiger partial charge in [-0.3, -0.25) is 0 Å². The molecule has 0 unspecified atom stereocenters. The Bertz CT molecular complexity index is 832. The van der Waals surface area contributed by atoms with Crippen LogP contribution in [0.15, 0.2) is 30.6 Å². The zero-order chi connectivity index (χ0) is 17.9. The highest BCUT2D eigenvalue weighted by atomic mass is 32.2. The number of nitrogens with zero attached hydrogens (tertiary/aromatic N) is 3. The minimum atomic E-state index is -3.37. The summed E-state index contributed by atoms with van der Waals surface area (Å²) in [5.74, 6) is 0.436. The van der Waals surface area contributed by atoms with E-state index in [-0.39, 0.29) is 12.3 Å². The predicted molar refractivity (Wildman–Crippen MR) is 90.4 cm³/mol. The van der Waals surface area contributed by atoms with Gasteiger partial charge in [-0.2, -0.15) is 4.31 Å². The van der Waals surface area contributed by atoms with Gasteiger partial charge in [0.1, 0.15) is 17.4 Å². The van der Waals surface area contributed by atoms with E-state index in [1.54, 1.807) is 23.0 Å². The molecule has 0 saturated carbocycles. The lowest BCUT2D eigenvalue weighted by Crippen LogP contribution is -2.42. The van der Waals surface area contributed by atoms with Crippen molar-refractivity contribution in [3.63, 3.8) is 0 Å². The Morgan fingerprint density at radius 1 is 1.32 bits per heavy atom. The zero-order valence-corrected chi connectivity index (χ0v) is 14.7. The van der Waals surface area contributed by atoms with E-state index in [2.05, 4.69) is 4.98 Å². The van der Waals surface area contributed by atoms with Crippen molar-refractivity contribution < 1.29 is 22.3 Å². The molecule has 2 aromatic rings. The average Bonchev–Trinajstić information content (AvgIpc) is 3.09. The van der Waals surface area contributed by atoms with Crippen LogP contribution in [0.25, 0.3) is 11.4 Å². The smallest absolute Gasteiger partial charge is 0.216 e. The number of ether oxygens (including phenoxy) is 2. The molecule has 0 atom stereocenters. The second-order valence-corrected chi connectivity index (χ2v) is 7.70. The van der Waals surface area contributed by atoms with Gasteiger partial charge >= 0.3 is 0 Å². The van der Waals surface area contributed by atoms with E-state index in [1.165, 1.54) is 23.5 Å². The number of halogens is 1. The Hall–Kier alpha value is -1.97. The highest BCUT2D eigenvalue weighted by Crippen LogP contribution is 2.29. The summed E-state index contributed by atoms with van der Waals surface area (Å²) in [5, 5.41) is 0. The number of imidazole rings is 1. The van der Waals surface area contributed by atoms with Gasteiger partial charge in [-0.1, -0.05) is 0 Å². The van der Waals surface area contributed by atoms with Gasteiger partial charge in [-0.15, -0.1) is 0 Å². The van der Waals surface area contributed by atoms with Gasteiger partial charge < -0.3 is 14.0 Å². The summed E-state index contributed by atoms with van der Waals surface area (Å²) in [4.78, 5) is 4.27. The lowest BCUT2D eigenvalue weighted by molar-refractivity contribution is 0.0730. The monoisotopic (exact) mass is 369 g/mol. The molecule has 1 aromatic heterocycles. The zero-order valence-electron chi connectivity index (χ0n) is 13.9. The summed E-state index contributed by atoms with van der Waals surface area (Å²) < 4.78 is 51.9. The fraction of sp³-hybridized carbons (Fsp3) is 0.438. The average molecular weight is 369 g/mol. The maximum Gasteiger partial charge on any atom is 0.216 e. The van der Waals surface area contributed by atoms with Crippen molar-refractivity contribution in [2.75, 3.05) is 39.2 Å². The first-order valence-electron chi connectivity index (χ1n) is 7.92. The Morgan fingerprint density at radius 2 is 2.08 bits per heavy atom. The Labute approximate surface area is 146 Å². The molecule has 9 heteroatoms. The van der Waals surface area contributed by atoms with Gasteiger partial charge in [-0.25, -0.2) is 17.8 Å². The van der Waals surface area contributed by atoms with Gasteiger partial charge in [0, 0.05) is 38.1 Å². The molecule has 0 amide bonds. The number of hydrogen-bond donors (Lipinski definition) is 0. The third-order valence-electron chi connectivity index (χ3n) is 4.07. The second kappa shape index (κ2) is 7.51. The molecule has 1 aromatic carbocycles. The normalized spacial score (nSPS) is 16.1. The van der Waals surface area contributed by atoms with Crippen molar-refractivity contribution in [2.45, 2.75) is 6.54 Å². The van der Waals surface area contributed by atoms with Gasteiger partial charge in [-0.05, 0) is 12.1 Å². The molecule has 1 saturated heterocycles. The summed E-state index contributed by atoms with van der Waals surface area (Å²) in [6.07, 6.45) is 3.28. The molecule has 1 aliphatic heterocycles. The van der Waals surface area contributed by atoms with E-state index in [9.17, 15) is 12.8 Å². The first-order valence-corrected chi connectivity index (χ1v) is 9.53. The first-order chi connectivity index (χ1) is 12.0. The van der Waals surface area contributed by atoms with Gasteiger partial charge in [0.15, 0.2) is 0 Å². The third kappa shape index (κ3) is 4.00. The molecule has 0 radical (unpaired) electrons. The second-order valence-electron chi connectivity index (χ2n) is 5.62. The van der Waals surface area contributed by atoms with Crippen LogP contribution in [0.4, 0.5) is 4.39 Å². The number of aryl methyl sites for hydroxylation is 1. The maximum absolute atomic E-state index is 13.4. The molecule has 136 valence electrons. The predicted octanol–water partition coefficient (Wildman–Crippen LogP) is 1.36. The molecule has 0 N–H and O–H groups in total. The maximum atomic E-state index is 13.4. The topological polar surface area (TPSA) is 73.7 Å². The number of aromatic nitrogens is 2. The Balaban J connectivity index is 1.78. The van der Waals surface area contributed by atoms with Crippen molar-refractivity contribution in [1.29, 1.82) is 0 Å². The number of sulfonamides is 1. The molecular formula is C16H20FN3O4S. The lowest BCUT2D eigenvalue weighted by atomic mass is 10.2. The van der Waals surface area contributed by atoms with Crippen molar-refractivity contribution in [1.82, 2.24) is 13.9 Å². The minimum Gasteiger partial charge on any atom is -0.496 e. The van der Waals surface area contributed by atoms with Crippen molar-refractivity contribution in [3.05, 3.63) is 36.4 Å². The van der Waals surface area contributed by atoms with E-state index < -0.39 is 15.8 Å². The van der Waals surface area contributed by atoms with Crippen molar-refractivity contribution in [2.24, 2.45) is 0 Å². The number of morpholine rings is 1. The third-order valence-corrected chi connectivity index (χ3v) is 5.92. The van der Waals surface area contributed by atoms with E-state index in [0.717, 1.165) is 0 Å². The molecule has 1 aliphatic rings. The van der Waals surface area contributed by atoms with Crippen LogP contribution in [0.3, 0.4) is 0 Å². The van der Waals surface area contributed by atoms with Crippen LogP contribution in [0.5, 0.6) is 5.75 Å². The van der Waals surface area contributed by atoms with Gasteiger partial charge in [0.05, 0.1) is 31.6 Å². The summed E-state index contributed by atoms with van der Waals surface area (Å²) in [5.41, 5.74) is 0.609. The summed E-state index contributed by atoms with van der Waals surface area (Å²) in [6.45, 7) is 1.84. The largest absolute Gasteiger partial charge is 0.496 e. The van der Waals surface area contributed by atoms with Crippen LogP contribution >= 0.6 is 0 Å². The van der Waals surface area contributed by atoms with Crippen LogP contribution in [0, 0.1) is 5.82 Å². The fourth-order valence-corrected chi connectivity index (χ4v) is 4.14. The Morgan fingerprint density at radius 3 is 2.80 bits per heavy atom. The standard InChI is InChI=1S/C16H20FN3O4S/c1-23-15-12-13(17)2-3-14(15)16-18-4-5-19(16)8-11-25(21,22)20-6-9-24-10-7-20/h2-5,12H,6-11H2,1H3. The van der Waals surface area contributed by atoms with Crippen LogP contribution < -0.4 is 4.74 Å². The molecular weight excluding hydrogens is 349 g/mol. The molecule has 25 heavy (non-hydrogen) atoms. The molecule has 0 aliphatic carbocycles. The number of benzene rings is 1. The Kier molecular flexibility index (Phi) is 5.36. The SMILES string of the molecule is COc1cc(F)ccc1-c1nccn1CCS(=O)(=O)N1CCOCC1. The fourth-order valence-electron chi connectivity index (χ4n) is 2.75.